The van der Waals surface area contributed by atoms with Crippen LogP contribution in [-0.2, 0) is 14.3 Å². The fourth-order valence-corrected chi connectivity index (χ4v) is 1.31. The number of amides is 1. The van der Waals surface area contributed by atoms with E-state index in [9.17, 15) is 9.59 Å². The highest BCUT2D eigenvalue weighted by molar-refractivity contribution is 9.10. The third kappa shape index (κ3) is 7.33. The van der Waals surface area contributed by atoms with Gasteiger partial charge in [0.1, 0.15) is 4.83 Å². The smallest absolute Gasteiger partial charge is 0.320 e. The van der Waals surface area contributed by atoms with Crippen LogP contribution in [0.2, 0.25) is 0 Å². The van der Waals surface area contributed by atoms with Crippen molar-refractivity contribution in [2.24, 2.45) is 0 Å². The molecule has 0 aliphatic carbocycles. The van der Waals surface area contributed by atoms with E-state index in [4.69, 9.17) is 0 Å². The number of alkyl halides is 1. The molecule has 1 atom stereocenters. The van der Waals surface area contributed by atoms with E-state index in [2.05, 4.69) is 31.3 Å². The third-order valence-corrected chi connectivity index (χ3v) is 2.21. The molecule has 88 valence electrons. The van der Waals surface area contributed by atoms with Crippen LogP contribution in [0.1, 0.15) is 13.8 Å². The molecule has 0 saturated carbocycles. The van der Waals surface area contributed by atoms with Gasteiger partial charge in [-0.1, -0.05) is 15.9 Å². The summed E-state index contributed by atoms with van der Waals surface area (Å²) in [5.41, 5.74) is 0. The largest absolute Gasteiger partial charge is 0.468 e. The van der Waals surface area contributed by atoms with E-state index in [0.29, 0.717) is 6.54 Å². The average Bonchev–Trinajstić information content (AvgIpc) is 2.15. The third-order valence-electron chi connectivity index (χ3n) is 1.52. The summed E-state index contributed by atoms with van der Waals surface area (Å²) in [7, 11) is 1.32. The minimum absolute atomic E-state index is 0.0884. The fourth-order valence-electron chi connectivity index (χ4n) is 0.897. The van der Waals surface area contributed by atoms with Crippen LogP contribution in [0.25, 0.3) is 0 Å². The number of hydrogen-bond acceptors (Lipinski definition) is 4. The van der Waals surface area contributed by atoms with Gasteiger partial charge in [-0.25, -0.2) is 0 Å². The second-order valence-corrected chi connectivity index (χ2v) is 4.45. The molecular weight excluding hydrogens is 264 g/mol. The first-order chi connectivity index (χ1) is 6.97. The molecular formula is C9H17BrN2O3. The van der Waals surface area contributed by atoms with Crippen molar-refractivity contribution in [1.29, 1.82) is 0 Å². The molecule has 0 rings (SSSR count). The number of methoxy groups -OCH3 is 1. The molecule has 0 aromatic carbocycles. The second kappa shape index (κ2) is 7.64. The van der Waals surface area contributed by atoms with Gasteiger partial charge >= 0.3 is 5.97 Å². The molecule has 0 saturated heterocycles. The van der Waals surface area contributed by atoms with Gasteiger partial charge in [0, 0.05) is 12.6 Å². The minimum atomic E-state index is -0.422. The molecule has 0 heterocycles. The van der Waals surface area contributed by atoms with Crippen LogP contribution in [0.5, 0.6) is 0 Å². The van der Waals surface area contributed by atoms with Crippen molar-refractivity contribution in [3.05, 3.63) is 0 Å². The molecule has 0 fully saturated rings. The molecule has 0 aliphatic rings. The number of esters is 1. The van der Waals surface area contributed by atoms with Crippen LogP contribution < -0.4 is 10.6 Å². The summed E-state index contributed by atoms with van der Waals surface area (Å²) in [6.07, 6.45) is 0. The normalized spacial score (nSPS) is 12.3. The van der Waals surface area contributed by atoms with E-state index in [1.807, 2.05) is 13.8 Å². The Labute approximate surface area is 98.1 Å². The molecule has 0 aromatic rings. The maximum Gasteiger partial charge on any atom is 0.320 e. The van der Waals surface area contributed by atoms with E-state index >= 15 is 0 Å². The van der Waals surface area contributed by atoms with Crippen molar-refractivity contribution in [1.82, 2.24) is 10.6 Å². The van der Waals surface area contributed by atoms with Crippen LogP contribution in [0.3, 0.4) is 0 Å². The quantitative estimate of drug-likeness (QED) is 0.533. The number of halogens is 1. The van der Waals surface area contributed by atoms with Crippen molar-refractivity contribution < 1.29 is 14.3 Å². The molecule has 0 aromatic heterocycles. The van der Waals surface area contributed by atoms with Crippen LogP contribution in [-0.4, -0.2) is 42.9 Å². The van der Waals surface area contributed by atoms with Crippen LogP contribution >= 0.6 is 15.9 Å². The molecule has 1 unspecified atom stereocenters. The van der Waals surface area contributed by atoms with Crippen molar-refractivity contribution in [3.8, 4) is 0 Å². The van der Waals surface area contributed by atoms with Crippen molar-refractivity contribution in [3.63, 3.8) is 0 Å². The lowest BCUT2D eigenvalue weighted by molar-refractivity contribution is -0.139. The van der Waals surface area contributed by atoms with Gasteiger partial charge in [0.15, 0.2) is 0 Å². The summed E-state index contributed by atoms with van der Waals surface area (Å²) in [4.78, 5) is 21.7. The van der Waals surface area contributed by atoms with Gasteiger partial charge in [-0.2, -0.15) is 0 Å². The van der Waals surface area contributed by atoms with Gasteiger partial charge in [0.05, 0.1) is 13.7 Å². The maximum absolute atomic E-state index is 11.2. The van der Waals surface area contributed by atoms with E-state index in [1.165, 1.54) is 7.11 Å². The first-order valence-corrected chi connectivity index (χ1v) is 5.61. The Balaban J connectivity index is 3.61. The SMILES string of the molecule is COC(=O)C(Br)CNCC(=O)NC(C)C. The molecule has 5 nitrogen and oxygen atoms in total. The Bertz CT molecular complexity index is 221. The number of nitrogens with one attached hydrogen (secondary N) is 2. The van der Waals surface area contributed by atoms with Crippen molar-refractivity contribution >= 4 is 27.8 Å². The zero-order chi connectivity index (χ0) is 11.8. The Hall–Kier alpha value is -0.620. The Morgan fingerprint density at radius 1 is 1.40 bits per heavy atom. The number of carbonyl (C=O) groups is 2. The molecule has 2 N–H and O–H groups in total. The first kappa shape index (κ1) is 14.4. The molecule has 6 heteroatoms. The van der Waals surface area contributed by atoms with Gasteiger partial charge in [0.25, 0.3) is 0 Å². The van der Waals surface area contributed by atoms with Gasteiger partial charge in [-0.05, 0) is 13.8 Å². The molecule has 1 amide bonds. The Kier molecular flexibility index (Phi) is 7.33. The minimum Gasteiger partial charge on any atom is -0.468 e. The summed E-state index contributed by atoms with van der Waals surface area (Å²) in [6.45, 7) is 4.33. The number of ether oxygens (including phenoxy) is 1. The Morgan fingerprint density at radius 2 is 2.00 bits per heavy atom. The Morgan fingerprint density at radius 3 is 2.47 bits per heavy atom. The standard InChI is InChI=1S/C9H17BrN2O3/c1-6(2)12-8(13)5-11-4-7(10)9(14)15-3/h6-7,11H,4-5H2,1-3H3,(H,12,13). The number of rotatable bonds is 6. The van der Waals surface area contributed by atoms with E-state index in [-0.39, 0.29) is 24.5 Å². The van der Waals surface area contributed by atoms with Crippen LogP contribution in [0, 0.1) is 0 Å². The highest BCUT2D eigenvalue weighted by Crippen LogP contribution is 1.99. The molecule has 0 bridgehead atoms. The predicted molar refractivity (Wildman–Crippen MR) is 60.9 cm³/mol. The summed E-state index contributed by atoms with van der Waals surface area (Å²) >= 11 is 3.14. The van der Waals surface area contributed by atoms with Gasteiger partial charge < -0.3 is 15.4 Å². The topological polar surface area (TPSA) is 67.4 Å². The van der Waals surface area contributed by atoms with Crippen molar-refractivity contribution in [2.45, 2.75) is 24.7 Å². The van der Waals surface area contributed by atoms with Gasteiger partial charge in [-0.3, -0.25) is 9.59 Å². The summed E-state index contributed by atoms with van der Waals surface area (Å²) < 4.78 is 4.51. The van der Waals surface area contributed by atoms with Gasteiger partial charge in [-0.15, -0.1) is 0 Å². The number of carbonyl (C=O) groups excluding carboxylic acids is 2. The molecule has 0 aliphatic heterocycles. The fraction of sp³-hybridized carbons (Fsp3) is 0.778. The zero-order valence-electron chi connectivity index (χ0n) is 9.17. The summed E-state index contributed by atoms with van der Waals surface area (Å²) in [6, 6.07) is 0.125. The lowest BCUT2D eigenvalue weighted by atomic mass is 10.4. The number of hydrogen-bond donors (Lipinski definition) is 2. The van der Waals surface area contributed by atoms with E-state index < -0.39 is 4.83 Å². The van der Waals surface area contributed by atoms with Crippen LogP contribution in [0.4, 0.5) is 0 Å². The maximum atomic E-state index is 11.2. The molecule has 0 spiro atoms. The lowest BCUT2D eigenvalue weighted by Gasteiger charge is -2.11. The lowest BCUT2D eigenvalue weighted by Crippen LogP contribution is -2.40. The molecule has 0 radical (unpaired) electrons. The molecule has 15 heavy (non-hydrogen) atoms. The van der Waals surface area contributed by atoms with Crippen molar-refractivity contribution in [2.75, 3.05) is 20.2 Å². The highest BCUT2D eigenvalue weighted by Gasteiger charge is 2.14. The predicted octanol–water partition coefficient (Wildman–Crippen LogP) is 0.0371. The summed E-state index contributed by atoms with van der Waals surface area (Å²) in [5.74, 6) is -0.443. The van der Waals surface area contributed by atoms with Gasteiger partial charge in [0.2, 0.25) is 5.91 Å². The first-order valence-electron chi connectivity index (χ1n) is 4.69. The highest BCUT2D eigenvalue weighted by atomic mass is 79.9. The monoisotopic (exact) mass is 280 g/mol. The zero-order valence-corrected chi connectivity index (χ0v) is 10.8. The second-order valence-electron chi connectivity index (χ2n) is 3.34. The van der Waals surface area contributed by atoms with E-state index in [0.717, 1.165) is 0 Å². The average molecular weight is 281 g/mol. The van der Waals surface area contributed by atoms with E-state index in [1.54, 1.807) is 0 Å². The summed E-state index contributed by atoms with van der Waals surface area (Å²) in [5, 5.41) is 5.57. The van der Waals surface area contributed by atoms with Crippen LogP contribution in [0.15, 0.2) is 0 Å².